The molecule has 0 amide bonds. The molecule has 1 heterocycles. The lowest BCUT2D eigenvalue weighted by atomic mass is 9.80. The predicted molar refractivity (Wildman–Crippen MR) is 163 cm³/mol. The fraction of sp³-hybridized carbons (Fsp3) is 0.211. The second-order valence-corrected chi connectivity index (χ2v) is 11.4. The third-order valence-electron chi connectivity index (χ3n) is 9.09. The van der Waals surface area contributed by atoms with Crippen molar-refractivity contribution in [3.8, 4) is 11.1 Å². The second kappa shape index (κ2) is 9.27. The molecule has 0 saturated carbocycles. The molecule has 4 aliphatic rings. The van der Waals surface area contributed by atoms with Crippen molar-refractivity contribution in [3.63, 3.8) is 0 Å². The molecule has 0 unspecified atom stereocenters. The van der Waals surface area contributed by atoms with E-state index in [1.807, 2.05) is 0 Å². The molecule has 4 aliphatic carbocycles. The third kappa shape index (κ3) is 4.00. The lowest BCUT2D eigenvalue weighted by molar-refractivity contribution is 0.568. The van der Waals surface area contributed by atoms with Crippen LogP contribution in [0.15, 0.2) is 112 Å². The average Bonchev–Trinajstić information content (AvgIpc) is 3.39. The molecule has 0 fully saturated rings. The summed E-state index contributed by atoms with van der Waals surface area (Å²) in [6.07, 6.45) is 21.1. The topological polar surface area (TPSA) is 13.1 Å². The molecule has 1 aromatic heterocycles. The van der Waals surface area contributed by atoms with Crippen LogP contribution in [0, 0.1) is 0 Å². The van der Waals surface area contributed by atoms with Crippen molar-refractivity contribution in [2.45, 2.75) is 51.4 Å². The minimum Gasteiger partial charge on any atom is -0.456 e. The lowest BCUT2D eigenvalue weighted by Crippen LogP contribution is -2.26. The molecule has 190 valence electrons. The van der Waals surface area contributed by atoms with E-state index in [1.54, 1.807) is 22.3 Å². The Hall–Kier alpha value is -4.10. The summed E-state index contributed by atoms with van der Waals surface area (Å²) in [5, 5.41) is 2.48. The van der Waals surface area contributed by atoms with Gasteiger partial charge in [-0.2, -0.15) is 0 Å². The number of hydrogen-bond donors (Lipinski definition) is 0. The van der Waals surface area contributed by atoms with Gasteiger partial charge in [0.05, 0.1) is 0 Å². The first kappa shape index (κ1) is 22.8. The minimum atomic E-state index is 0.980. The van der Waals surface area contributed by atoms with Gasteiger partial charge in [-0.25, -0.2) is 0 Å². The first-order valence-corrected chi connectivity index (χ1v) is 14.5. The Balaban J connectivity index is 1.09. The van der Waals surface area contributed by atoms with Crippen LogP contribution in [0.2, 0.25) is 0 Å². The summed E-state index contributed by atoms with van der Waals surface area (Å²) in [4.78, 5) is 0. The molecule has 0 aliphatic heterocycles. The first-order valence-electron chi connectivity index (χ1n) is 14.5. The van der Waals surface area contributed by atoms with E-state index in [2.05, 4.69) is 97.1 Å². The summed E-state index contributed by atoms with van der Waals surface area (Å²) < 4.78 is 6.33. The fourth-order valence-electron chi connectivity index (χ4n) is 6.98. The van der Waals surface area contributed by atoms with Crippen molar-refractivity contribution in [2.75, 3.05) is 0 Å². The van der Waals surface area contributed by atoms with Crippen LogP contribution < -0.4 is 10.6 Å². The number of para-hydroxylation sites is 1. The van der Waals surface area contributed by atoms with Gasteiger partial charge in [0.1, 0.15) is 11.0 Å². The number of aryl methyl sites for hydroxylation is 1. The highest BCUT2D eigenvalue weighted by atomic mass is 16.3. The standard InChI is InChI=1S/C38H32O/c1-2-7-28-22-30(17-14-25(28)6-1)33-21-20-31-23-29(18-19-32(31)24-33)26-12-15-27(16-13-26)34-9-5-10-36-35-8-3-4-11-37(35)39-38(34)36/h1,3-4,6,8,10-13,15-16,18-19,22-24H,2,5,7,9,14,17,20-21H2. The molecule has 3 aromatic carbocycles. The number of fused-ring (bicyclic) bond motifs is 4. The van der Waals surface area contributed by atoms with E-state index in [0.717, 1.165) is 36.7 Å². The van der Waals surface area contributed by atoms with Gasteiger partial charge in [0.15, 0.2) is 0 Å². The maximum Gasteiger partial charge on any atom is 0.138 e. The van der Waals surface area contributed by atoms with Crippen molar-refractivity contribution in [2.24, 2.45) is 0 Å². The highest BCUT2D eigenvalue weighted by molar-refractivity contribution is 5.82. The van der Waals surface area contributed by atoms with Gasteiger partial charge in [-0.15, -0.1) is 0 Å². The van der Waals surface area contributed by atoms with Gasteiger partial charge in [-0.3, -0.25) is 0 Å². The van der Waals surface area contributed by atoms with Gasteiger partial charge in [-0.05, 0) is 108 Å². The van der Waals surface area contributed by atoms with E-state index in [0.29, 0.717) is 0 Å². The largest absolute Gasteiger partial charge is 0.456 e. The molecule has 0 spiro atoms. The summed E-state index contributed by atoms with van der Waals surface area (Å²) >= 11 is 0. The Labute approximate surface area is 229 Å². The maximum absolute atomic E-state index is 6.33. The Kier molecular flexibility index (Phi) is 5.43. The van der Waals surface area contributed by atoms with E-state index in [-0.39, 0.29) is 0 Å². The van der Waals surface area contributed by atoms with E-state index >= 15 is 0 Å². The molecule has 0 radical (unpaired) electrons. The summed E-state index contributed by atoms with van der Waals surface area (Å²) in [7, 11) is 0. The van der Waals surface area contributed by atoms with Crippen LogP contribution in [0.25, 0.3) is 39.8 Å². The van der Waals surface area contributed by atoms with E-state index < -0.39 is 0 Å². The van der Waals surface area contributed by atoms with Crippen LogP contribution in [-0.4, -0.2) is 0 Å². The molecular weight excluding hydrogens is 472 g/mol. The molecule has 1 heteroatoms. The lowest BCUT2D eigenvalue weighted by Gasteiger charge is -2.25. The highest BCUT2D eigenvalue weighted by Gasteiger charge is 2.19. The smallest absolute Gasteiger partial charge is 0.138 e. The van der Waals surface area contributed by atoms with E-state index in [9.17, 15) is 0 Å². The number of rotatable bonds is 3. The van der Waals surface area contributed by atoms with Crippen molar-refractivity contribution < 1.29 is 4.42 Å². The minimum absolute atomic E-state index is 0.980. The Bertz CT molecular complexity index is 1880. The molecule has 8 rings (SSSR count). The zero-order chi connectivity index (χ0) is 25.8. The van der Waals surface area contributed by atoms with Crippen molar-refractivity contribution in [1.82, 2.24) is 0 Å². The van der Waals surface area contributed by atoms with Crippen LogP contribution in [0.4, 0.5) is 0 Å². The molecule has 0 saturated heterocycles. The molecular formula is C38H32O. The Morgan fingerprint density at radius 3 is 2.38 bits per heavy atom. The normalized spacial score (nSPS) is 18.2. The molecule has 1 nitrogen and oxygen atoms in total. The van der Waals surface area contributed by atoms with Gasteiger partial charge in [0.2, 0.25) is 0 Å². The average molecular weight is 505 g/mol. The Morgan fingerprint density at radius 2 is 1.44 bits per heavy atom. The van der Waals surface area contributed by atoms with Crippen LogP contribution in [-0.2, 0) is 6.42 Å². The van der Waals surface area contributed by atoms with Gasteiger partial charge in [0, 0.05) is 16.2 Å². The third-order valence-corrected chi connectivity index (χ3v) is 9.09. The number of hydrogen-bond acceptors (Lipinski definition) is 1. The quantitative estimate of drug-likeness (QED) is 0.272. The monoisotopic (exact) mass is 504 g/mol. The van der Waals surface area contributed by atoms with Crippen LogP contribution in [0.3, 0.4) is 0 Å². The summed E-state index contributed by atoms with van der Waals surface area (Å²) in [6.45, 7) is 0. The van der Waals surface area contributed by atoms with Gasteiger partial charge in [0.25, 0.3) is 0 Å². The zero-order valence-electron chi connectivity index (χ0n) is 22.3. The van der Waals surface area contributed by atoms with Gasteiger partial charge < -0.3 is 4.42 Å². The second-order valence-electron chi connectivity index (χ2n) is 11.4. The number of furan rings is 1. The van der Waals surface area contributed by atoms with Crippen LogP contribution in [0.1, 0.15) is 61.6 Å². The molecule has 39 heavy (non-hydrogen) atoms. The van der Waals surface area contributed by atoms with Gasteiger partial charge in [-0.1, -0.05) is 91.0 Å². The van der Waals surface area contributed by atoms with Gasteiger partial charge >= 0.3 is 0 Å². The van der Waals surface area contributed by atoms with Crippen molar-refractivity contribution in [3.05, 3.63) is 135 Å². The van der Waals surface area contributed by atoms with Crippen LogP contribution in [0.5, 0.6) is 0 Å². The maximum atomic E-state index is 6.33. The van der Waals surface area contributed by atoms with Crippen molar-refractivity contribution >= 4 is 28.7 Å². The first-order chi connectivity index (χ1) is 19.3. The van der Waals surface area contributed by atoms with E-state index in [1.165, 1.54) is 69.7 Å². The van der Waals surface area contributed by atoms with Crippen molar-refractivity contribution in [1.29, 1.82) is 0 Å². The summed E-state index contributed by atoms with van der Waals surface area (Å²) in [6, 6.07) is 24.6. The molecule has 0 N–H and O–H groups in total. The van der Waals surface area contributed by atoms with Crippen LogP contribution >= 0.6 is 0 Å². The number of benzene rings is 3. The van der Waals surface area contributed by atoms with E-state index in [4.69, 9.17) is 4.42 Å². The predicted octanol–water partition coefficient (Wildman–Crippen LogP) is 8.57. The molecule has 4 aromatic rings. The summed E-state index contributed by atoms with van der Waals surface area (Å²) in [5.41, 5.74) is 16.3. The zero-order valence-corrected chi connectivity index (χ0v) is 22.3. The highest BCUT2D eigenvalue weighted by Crippen LogP contribution is 2.38. The molecule has 0 atom stereocenters. The number of allylic oxidation sites excluding steroid dienone is 7. The SMILES string of the molecule is C1=CC2=C(C=C(C3=Cc4ccc(-c5ccc(C6=c7oc8ccccc8c7=CCC6)cc5)cc4CC3)CC2)CC1. The summed E-state index contributed by atoms with van der Waals surface area (Å²) in [5.74, 6) is 0. The Morgan fingerprint density at radius 1 is 0.615 bits per heavy atom. The fourth-order valence-corrected chi connectivity index (χ4v) is 6.98. The molecule has 0 bridgehead atoms.